The fourth-order valence-electron chi connectivity index (χ4n) is 6.42. The van der Waals surface area contributed by atoms with Crippen LogP contribution in [-0.2, 0) is 17.6 Å². The molecule has 1 fully saturated rings. The summed E-state index contributed by atoms with van der Waals surface area (Å²) in [7, 11) is 0. The van der Waals surface area contributed by atoms with Crippen molar-refractivity contribution in [3.63, 3.8) is 0 Å². The first-order valence-electron chi connectivity index (χ1n) is 12.0. The van der Waals surface area contributed by atoms with Crippen LogP contribution in [0, 0.1) is 34.3 Å². The number of benzene rings is 2. The van der Waals surface area contributed by atoms with Crippen LogP contribution in [-0.4, -0.2) is 15.8 Å². The minimum absolute atomic E-state index is 0.0345. The fraction of sp³-hybridized carbons (Fsp3) is 0.464. The molecular weight excluding hydrogens is 414 g/mol. The minimum atomic E-state index is -0.628. The molecule has 1 unspecified atom stereocenters. The van der Waals surface area contributed by atoms with E-state index in [0.29, 0.717) is 12.0 Å². The maximum Gasteiger partial charge on any atom is 0.269 e. The molecule has 5 heteroatoms. The zero-order valence-corrected chi connectivity index (χ0v) is 20.1. The van der Waals surface area contributed by atoms with Gasteiger partial charge in [0.1, 0.15) is 5.76 Å². The Morgan fingerprint density at radius 1 is 1.12 bits per heavy atom. The van der Waals surface area contributed by atoms with E-state index in [1.54, 1.807) is 12.1 Å². The van der Waals surface area contributed by atoms with Gasteiger partial charge >= 0.3 is 0 Å². The van der Waals surface area contributed by atoms with Gasteiger partial charge in [-0.15, -0.1) is 0 Å². The Kier molecular flexibility index (Phi) is 5.94. The lowest BCUT2D eigenvalue weighted by atomic mass is 9.58. The Morgan fingerprint density at radius 2 is 1.70 bits per heavy atom. The van der Waals surface area contributed by atoms with Crippen LogP contribution < -0.4 is 0 Å². The van der Waals surface area contributed by atoms with Crippen LogP contribution in [0.2, 0.25) is 0 Å². The Hall–Kier alpha value is -2.95. The summed E-state index contributed by atoms with van der Waals surface area (Å²) in [5.74, 6) is 0.200. The first-order chi connectivity index (χ1) is 15.6. The van der Waals surface area contributed by atoms with Crippen molar-refractivity contribution in [2.45, 2.75) is 66.2 Å². The van der Waals surface area contributed by atoms with Crippen LogP contribution in [0.5, 0.6) is 0 Å². The van der Waals surface area contributed by atoms with Crippen molar-refractivity contribution in [1.82, 2.24) is 0 Å². The number of fused-ring (bicyclic) bond motifs is 1. The van der Waals surface area contributed by atoms with E-state index < -0.39 is 5.41 Å². The standard InChI is InChI=1S/C28H33NO4/c1-6-18-14-16(3)15-19(7-2)23(18)24-26(30)25-17(4)22(12-13-28(25,5)27(24)31)20-8-10-21(11-9-20)29(32)33/h8-11,14-15,17,22,25,30H,6-7,12-13H2,1-5H3/t17?,22-,25+,28+/m1/s1. The highest BCUT2D eigenvalue weighted by Crippen LogP contribution is 2.59. The third-order valence-corrected chi connectivity index (χ3v) is 8.11. The first kappa shape index (κ1) is 23.2. The van der Waals surface area contributed by atoms with E-state index in [0.717, 1.165) is 41.5 Å². The molecule has 4 rings (SSSR count). The van der Waals surface area contributed by atoms with E-state index in [1.807, 2.05) is 19.1 Å². The van der Waals surface area contributed by atoms with E-state index in [1.165, 1.54) is 5.56 Å². The zero-order chi connectivity index (χ0) is 24.1. The van der Waals surface area contributed by atoms with Crippen LogP contribution in [0.3, 0.4) is 0 Å². The summed E-state index contributed by atoms with van der Waals surface area (Å²) in [5.41, 5.74) is 5.33. The van der Waals surface area contributed by atoms with Gasteiger partial charge in [-0.1, -0.05) is 57.5 Å². The van der Waals surface area contributed by atoms with Gasteiger partial charge in [0.2, 0.25) is 0 Å². The van der Waals surface area contributed by atoms with Crippen LogP contribution in [0.15, 0.2) is 42.2 Å². The van der Waals surface area contributed by atoms with E-state index in [-0.39, 0.29) is 39.9 Å². The molecule has 1 N–H and O–H groups in total. The Balaban J connectivity index is 1.80. The number of Topliss-reactive ketones (excluding diaryl/α,β-unsaturated/α-hetero) is 1. The van der Waals surface area contributed by atoms with Gasteiger partial charge < -0.3 is 5.11 Å². The molecule has 0 aromatic heterocycles. The van der Waals surface area contributed by atoms with E-state index in [4.69, 9.17) is 0 Å². The number of nitro benzene ring substituents is 1. The molecule has 2 aliphatic carbocycles. The normalized spacial score (nSPS) is 27.1. The summed E-state index contributed by atoms with van der Waals surface area (Å²) in [5, 5.41) is 22.7. The summed E-state index contributed by atoms with van der Waals surface area (Å²) in [6.07, 6.45) is 3.10. The number of hydrogen-bond acceptors (Lipinski definition) is 4. The second kappa shape index (κ2) is 8.44. The first-order valence-corrected chi connectivity index (χ1v) is 12.0. The molecule has 33 heavy (non-hydrogen) atoms. The lowest BCUT2D eigenvalue weighted by Gasteiger charge is -2.44. The molecule has 0 radical (unpaired) electrons. The number of aryl methyl sites for hydroxylation is 3. The molecule has 5 nitrogen and oxygen atoms in total. The number of nitrogens with zero attached hydrogens (tertiary/aromatic N) is 1. The SMILES string of the molecule is CCc1cc(C)cc(CC)c1C1=C(O)[C@@H]2C(C)[C@H](c3ccc([N+](=O)[O-])cc3)CC[C@]2(C)C1=O. The fourth-order valence-corrected chi connectivity index (χ4v) is 6.42. The number of carbonyl (C=O) groups is 1. The minimum Gasteiger partial charge on any atom is -0.511 e. The molecule has 0 bridgehead atoms. The van der Waals surface area contributed by atoms with Gasteiger partial charge in [0, 0.05) is 23.5 Å². The van der Waals surface area contributed by atoms with Crippen molar-refractivity contribution in [3.8, 4) is 0 Å². The molecule has 0 saturated heterocycles. The number of carbonyl (C=O) groups excluding carboxylic acids is 1. The van der Waals surface area contributed by atoms with Gasteiger partial charge in [0.25, 0.3) is 5.69 Å². The molecule has 2 aliphatic rings. The average molecular weight is 448 g/mol. The summed E-state index contributed by atoms with van der Waals surface area (Å²) in [6.45, 7) is 10.4. The predicted octanol–water partition coefficient (Wildman–Crippen LogP) is 6.72. The number of allylic oxidation sites excluding steroid dienone is 2. The number of hydrogen-bond donors (Lipinski definition) is 1. The highest BCUT2D eigenvalue weighted by molar-refractivity contribution is 6.27. The van der Waals surface area contributed by atoms with Gasteiger partial charge in [0.05, 0.1) is 10.5 Å². The molecule has 0 spiro atoms. The van der Waals surface area contributed by atoms with E-state index in [9.17, 15) is 20.0 Å². The number of nitro groups is 1. The maximum absolute atomic E-state index is 13.9. The van der Waals surface area contributed by atoms with E-state index in [2.05, 4.69) is 39.8 Å². The molecule has 0 heterocycles. The monoisotopic (exact) mass is 447 g/mol. The Bertz CT molecular complexity index is 1120. The average Bonchev–Trinajstić information content (AvgIpc) is 2.99. The van der Waals surface area contributed by atoms with Gasteiger partial charge in [-0.2, -0.15) is 0 Å². The molecule has 2 aromatic carbocycles. The molecule has 174 valence electrons. The van der Waals surface area contributed by atoms with Crippen molar-refractivity contribution in [1.29, 1.82) is 0 Å². The third-order valence-electron chi connectivity index (χ3n) is 8.11. The number of non-ortho nitro benzene ring substituents is 1. The van der Waals surface area contributed by atoms with Crippen molar-refractivity contribution in [2.24, 2.45) is 17.3 Å². The largest absolute Gasteiger partial charge is 0.511 e. The lowest BCUT2D eigenvalue weighted by molar-refractivity contribution is -0.384. The van der Waals surface area contributed by atoms with E-state index >= 15 is 0 Å². The summed E-state index contributed by atoms with van der Waals surface area (Å²) in [6, 6.07) is 11.0. The number of ketones is 1. The van der Waals surface area contributed by atoms with Crippen LogP contribution in [0.4, 0.5) is 5.69 Å². The number of aliphatic hydroxyl groups is 1. The smallest absolute Gasteiger partial charge is 0.269 e. The van der Waals surface area contributed by atoms with Crippen molar-refractivity contribution >= 4 is 17.0 Å². The third kappa shape index (κ3) is 3.58. The number of rotatable bonds is 5. The van der Waals surface area contributed by atoms with Gasteiger partial charge in [-0.05, 0) is 66.7 Å². The van der Waals surface area contributed by atoms with Crippen molar-refractivity contribution in [2.75, 3.05) is 0 Å². The van der Waals surface area contributed by atoms with Crippen molar-refractivity contribution in [3.05, 3.63) is 80.1 Å². The molecule has 0 aliphatic heterocycles. The Morgan fingerprint density at radius 3 is 2.21 bits per heavy atom. The predicted molar refractivity (Wildman–Crippen MR) is 130 cm³/mol. The Labute approximate surface area is 195 Å². The van der Waals surface area contributed by atoms with Crippen LogP contribution in [0.25, 0.3) is 5.57 Å². The second-order valence-electron chi connectivity index (χ2n) is 10.0. The van der Waals surface area contributed by atoms with Gasteiger partial charge in [-0.25, -0.2) is 0 Å². The van der Waals surface area contributed by atoms with Gasteiger partial charge in [0.15, 0.2) is 5.78 Å². The molecule has 1 saturated carbocycles. The highest BCUT2D eigenvalue weighted by atomic mass is 16.6. The molecule has 0 amide bonds. The second-order valence-corrected chi connectivity index (χ2v) is 10.0. The quantitative estimate of drug-likeness (QED) is 0.408. The summed E-state index contributed by atoms with van der Waals surface area (Å²) >= 11 is 0. The highest BCUT2D eigenvalue weighted by Gasteiger charge is 2.57. The summed E-state index contributed by atoms with van der Waals surface area (Å²) in [4.78, 5) is 24.6. The van der Waals surface area contributed by atoms with Crippen LogP contribution in [0.1, 0.15) is 74.3 Å². The molecular formula is C28H33NO4. The zero-order valence-electron chi connectivity index (χ0n) is 20.1. The maximum atomic E-state index is 13.9. The molecule has 4 atom stereocenters. The van der Waals surface area contributed by atoms with Gasteiger partial charge in [-0.3, -0.25) is 14.9 Å². The van der Waals surface area contributed by atoms with Crippen LogP contribution >= 0.6 is 0 Å². The summed E-state index contributed by atoms with van der Waals surface area (Å²) < 4.78 is 0. The molecule has 2 aromatic rings. The van der Waals surface area contributed by atoms with Crippen molar-refractivity contribution < 1.29 is 14.8 Å². The topological polar surface area (TPSA) is 80.4 Å². The lowest BCUT2D eigenvalue weighted by Crippen LogP contribution is -2.41. The number of aliphatic hydroxyl groups excluding tert-OH is 1.